The first kappa shape index (κ1) is 20.7. The average molecular weight is 408 g/mol. The first-order valence-corrected chi connectivity index (χ1v) is 8.92. The van der Waals surface area contributed by atoms with Crippen LogP contribution in [-0.2, 0) is 16.2 Å². The smallest absolute Gasteiger partial charge is 0.329 e. The molecule has 2 aromatic carbocycles. The van der Waals surface area contributed by atoms with Crippen molar-refractivity contribution < 1.29 is 14.3 Å². The zero-order chi connectivity index (χ0) is 19.8. The predicted molar refractivity (Wildman–Crippen MR) is 106 cm³/mol. The molecule has 0 aliphatic carbocycles. The summed E-state index contributed by atoms with van der Waals surface area (Å²) in [5.41, 5.74) is 3.64. The SMILES string of the molecule is CC(C)NC(=O)C(=O)N/N=C\c1ccc(OCc2ccccc2Cl)c(Cl)c1. The largest absolute Gasteiger partial charge is 0.487 e. The minimum absolute atomic E-state index is 0.135. The van der Waals surface area contributed by atoms with Gasteiger partial charge in [-0.3, -0.25) is 9.59 Å². The van der Waals surface area contributed by atoms with Crippen LogP contribution in [0.5, 0.6) is 5.75 Å². The first-order valence-electron chi connectivity index (χ1n) is 8.16. The topological polar surface area (TPSA) is 79.8 Å². The fourth-order valence-electron chi connectivity index (χ4n) is 2.03. The summed E-state index contributed by atoms with van der Waals surface area (Å²) in [6, 6.07) is 12.3. The number of carbonyl (C=O) groups excluding carboxylic acids is 2. The lowest BCUT2D eigenvalue weighted by Crippen LogP contribution is -2.41. The number of ether oxygens (including phenoxy) is 1. The van der Waals surface area contributed by atoms with Crippen LogP contribution in [-0.4, -0.2) is 24.1 Å². The van der Waals surface area contributed by atoms with E-state index >= 15 is 0 Å². The molecule has 2 aromatic rings. The number of carbonyl (C=O) groups is 2. The van der Waals surface area contributed by atoms with Crippen LogP contribution in [0.1, 0.15) is 25.0 Å². The van der Waals surface area contributed by atoms with Crippen molar-refractivity contribution in [3.63, 3.8) is 0 Å². The molecule has 2 amide bonds. The molecule has 0 atom stereocenters. The third-order valence-electron chi connectivity index (χ3n) is 3.30. The van der Waals surface area contributed by atoms with Gasteiger partial charge in [-0.2, -0.15) is 5.10 Å². The lowest BCUT2D eigenvalue weighted by atomic mass is 10.2. The predicted octanol–water partition coefficient (Wildman–Crippen LogP) is 3.55. The minimum Gasteiger partial charge on any atom is -0.487 e. The second kappa shape index (κ2) is 9.94. The summed E-state index contributed by atoms with van der Waals surface area (Å²) < 4.78 is 5.69. The number of hydrogen-bond acceptors (Lipinski definition) is 4. The highest BCUT2D eigenvalue weighted by Crippen LogP contribution is 2.26. The number of hydrogen-bond donors (Lipinski definition) is 2. The van der Waals surface area contributed by atoms with Crippen LogP contribution in [0.25, 0.3) is 0 Å². The number of halogens is 2. The van der Waals surface area contributed by atoms with Gasteiger partial charge in [0, 0.05) is 16.6 Å². The van der Waals surface area contributed by atoms with Crippen molar-refractivity contribution in [2.24, 2.45) is 5.10 Å². The number of nitrogens with one attached hydrogen (secondary N) is 2. The van der Waals surface area contributed by atoms with Crippen molar-refractivity contribution in [3.8, 4) is 5.75 Å². The standard InChI is InChI=1S/C19H19Cl2N3O3/c1-12(2)23-18(25)19(26)24-22-10-13-7-8-17(16(21)9-13)27-11-14-5-3-4-6-15(14)20/h3-10,12H,11H2,1-2H3,(H,23,25)(H,24,26)/b22-10-. The third kappa shape index (κ3) is 6.58. The number of nitrogens with zero attached hydrogens (tertiary/aromatic N) is 1. The molecule has 0 radical (unpaired) electrons. The summed E-state index contributed by atoms with van der Waals surface area (Å²) in [7, 11) is 0. The van der Waals surface area contributed by atoms with Gasteiger partial charge in [-0.1, -0.05) is 41.4 Å². The van der Waals surface area contributed by atoms with E-state index in [1.807, 2.05) is 18.2 Å². The van der Waals surface area contributed by atoms with Crippen LogP contribution in [0.3, 0.4) is 0 Å². The second-order valence-corrected chi connectivity index (χ2v) is 6.71. The van der Waals surface area contributed by atoms with E-state index < -0.39 is 11.8 Å². The normalized spacial score (nSPS) is 10.9. The Kier molecular flexibility index (Phi) is 7.64. The maximum absolute atomic E-state index is 11.5. The van der Waals surface area contributed by atoms with Crippen LogP contribution < -0.4 is 15.5 Å². The highest BCUT2D eigenvalue weighted by molar-refractivity contribution is 6.35. The Morgan fingerprint density at radius 1 is 1.11 bits per heavy atom. The van der Waals surface area contributed by atoms with E-state index in [2.05, 4.69) is 15.8 Å². The Balaban J connectivity index is 1.93. The maximum Gasteiger partial charge on any atom is 0.329 e. The molecule has 0 saturated carbocycles. The lowest BCUT2D eigenvalue weighted by molar-refractivity contribution is -0.139. The molecule has 2 N–H and O–H groups in total. The molecular formula is C19H19Cl2N3O3. The van der Waals surface area contributed by atoms with Crippen molar-refractivity contribution in [1.29, 1.82) is 0 Å². The van der Waals surface area contributed by atoms with E-state index in [1.165, 1.54) is 6.21 Å². The van der Waals surface area contributed by atoms with Gasteiger partial charge in [-0.15, -0.1) is 0 Å². The van der Waals surface area contributed by atoms with E-state index in [-0.39, 0.29) is 12.6 Å². The number of amides is 2. The molecular weight excluding hydrogens is 389 g/mol. The maximum atomic E-state index is 11.5. The zero-order valence-corrected chi connectivity index (χ0v) is 16.3. The van der Waals surface area contributed by atoms with Crippen molar-refractivity contribution in [1.82, 2.24) is 10.7 Å². The summed E-state index contributed by atoms with van der Waals surface area (Å²) >= 11 is 12.3. The Labute approximate surface area is 167 Å². The molecule has 8 heteroatoms. The van der Waals surface area contributed by atoms with Gasteiger partial charge in [-0.05, 0) is 43.7 Å². The third-order valence-corrected chi connectivity index (χ3v) is 3.97. The Hall–Kier alpha value is -2.57. The van der Waals surface area contributed by atoms with E-state index in [9.17, 15) is 9.59 Å². The van der Waals surface area contributed by atoms with Gasteiger partial charge >= 0.3 is 11.8 Å². The van der Waals surface area contributed by atoms with Crippen molar-refractivity contribution >= 4 is 41.2 Å². The van der Waals surface area contributed by atoms with Crippen molar-refractivity contribution in [2.45, 2.75) is 26.5 Å². The van der Waals surface area contributed by atoms with Gasteiger partial charge in [0.25, 0.3) is 0 Å². The molecule has 0 aromatic heterocycles. The molecule has 27 heavy (non-hydrogen) atoms. The summed E-state index contributed by atoms with van der Waals surface area (Å²) in [6.45, 7) is 3.80. The van der Waals surface area contributed by atoms with Gasteiger partial charge in [0.05, 0.1) is 11.2 Å². The molecule has 0 saturated heterocycles. The Morgan fingerprint density at radius 3 is 2.52 bits per heavy atom. The number of rotatable bonds is 6. The quantitative estimate of drug-likeness (QED) is 0.436. The van der Waals surface area contributed by atoms with Gasteiger partial charge in [0.15, 0.2) is 0 Å². The molecule has 0 fully saturated rings. The van der Waals surface area contributed by atoms with Crippen LogP contribution in [0.4, 0.5) is 0 Å². The minimum atomic E-state index is -0.842. The van der Waals surface area contributed by atoms with Gasteiger partial charge in [-0.25, -0.2) is 5.43 Å². The molecule has 2 rings (SSSR count). The number of hydrazone groups is 1. The first-order chi connectivity index (χ1) is 12.9. The highest BCUT2D eigenvalue weighted by atomic mass is 35.5. The molecule has 0 spiro atoms. The molecule has 0 heterocycles. The fraction of sp³-hybridized carbons (Fsp3) is 0.211. The molecule has 0 unspecified atom stereocenters. The zero-order valence-electron chi connectivity index (χ0n) is 14.8. The van der Waals surface area contributed by atoms with Gasteiger partial charge in [0.1, 0.15) is 12.4 Å². The van der Waals surface area contributed by atoms with Gasteiger partial charge < -0.3 is 10.1 Å². The van der Waals surface area contributed by atoms with E-state index in [0.29, 0.717) is 21.4 Å². The van der Waals surface area contributed by atoms with E-state index in [1.54, 1.807) is 38.1 Å². The Bertz CT molecular complexity index is 854. The lowest BCUT2D eigenvalue weighted by Gasteiger charge is -2.09. The highest BCUT2D eigenvalue weighted by Gasteiger charge is 2.13. The summed E-state index contributed by atoms with van der Waals surface area (Å²) in [5, 5.41) is 7.22. The Morgan fingerprint density at radius 2 is 1.85 bits per heavy atom. The van der Waals surface area contributed by atoms with Crippen LogP contribution >= 0.6 is 23.2 Å². The van der Waals surface area contributed by atoms with Crippen molar-refractivity contribution in [3.05, 3.63) is 63.6 Å². The molecule has 142 valence electrons. The van der Waals surface area contributed by atoms with Crippen LogP contribution in [0, 0.1) is 0 Å². The monoisotopic (exact) mass is 407 g/mol. The summed E-state index contributed by atoms with van der Waals surface area (Å²) in [6.07, 6.45) is 1.38. The molecule has 0 bridgehead atoms. The van der Waals surface area contributed by atoms with Crippen LogP contribution in [0.15, 0.2) is 47.6 Å². The van der Waals surface area contributed by atoms with Crippen LogP contribution in [0.2, 0.25) is 10.0 Å². The average Bonchev–Trinajstić information content (AvgIpc) is 2.61. The molecule has 6 nitrogen and oxygen atoms in total. The fourth-order valence-corrected chi connectivity index (χ4v) is 2.46. The van der Waals surface area contributed by atoms with E-state index in [0.717, 1.165) is 5.56 Å². The van der Waals surface area contributed by atoms with Gasteiger partial charge in [0.2, 0.25) is 0 Å². The summed E-state index contributed by atoms with van der Waals surface area (Å²) in [4.78, 5) is 23.0. The van der Waals surface area contributed by atoms with Crippen molar-refractivity contribution in [2.75, 3.05) is 0 Å². The van der Waals surface area contributed by atoms with E-state index in [4.69, 9.17) is 27.9 Å². The molecule has 0 aliphatic rings. The molecule has 0 aliphatic heterocycles. The number of benzene rings is 2. The summed E-state index contributed by atoms with van der Waals surface area (Å²) in [5.74, 6) is -1.09. The second-order valence-electron chi connectivity index (χ2n) is 5.90.